The Morgan fingerprint density at radius 1 is 1.38 bits per heavy atom. The zero-order valence-electron chi connectivity index (χ0n) is 11.3. The molecular formula is C13H26BrNO. The molecule has 3 heteroatoms. The Kier molecular flexibility index (Phi) is 7.29. The normalized spacial score (nSPS) is 15.6. The molecule has 16 heavy (non-hydrogen) atoms. The van der Waals surface area contributed by atoms with Crippen LogP contribution in [0.4, 0.5) is 0 Å². The predicted octanol–water partition coefficient (Wildman–Crippen LogP) is 3.88. The Morgan fingerprint density at radius 2 is 1.94 bits per heavy atom. The van der Waals surface area contributed by atoms with Crippen LogP contribution in [0.3, 0.4) is 0 Å². The van der Waals surface area contributed by atoms with Gasteiger partial charge in [0.05, 0.1) is 0 Å². The first kappa shape index (κ1) is 16.0. The lowest BCUT2D eigenvalue weighted by atomic mass is 9.95. The summed E-state index contributed by atoms with van der Waals surface area (Å²) < 4.78 is 0. The van der Waals surface area contributed by atoms with Crippen LogP contribution < -0.4 is 5.32 Å². The Labute approximate surface area is 109 Å². The van der Waals surface area contributed by atoms with Gasteiger partial charge in [-0.1, -0.05) is 49.5 Å². The molecule has 0 aromatic rings. The summed E-state index contributed by atoms with van der Waals surface area (Å²) in [5.74, 6) is 0.373. The van der Waals surface area contributed by atoms with E-state index in [2.05, 4.69) is 55.9 Å². The lowest BCUT2D eigenvalue weighted by Crippen LogP contribution is -2.50. The largest absolute Gasteiger partial charge is 0.350 e. The minimum atomic E-state index is -0.184. The molecule has 2 atom stereocenters. The zero-order chi connectivity index (χ0) is 12.8. The molecule has 0 aliphatic carbocycles. The summed E-state index contributed by atoms with van der Waals surface area (Å²) in [5, 5.41) is 3.13. The highest BCUT2D eigenvalue weighted by molar-refractivity contribution is 9.09. The standard InChI is InChI=1S/C13H26BrNO/c1-6-8-9-11(7-2)12(16)15-13(4,5)10(3)14/h10-11H,6-9H2,1-5H3,(H,15,16). The minimum absolute atomic E-state index is 0.172. The van der Waals surface area contributed by atoms with Crippen molar-refractivity contribution in [1.82, 2.24) is 5.32 Å². The Hall–Kier alpha value is -0.0500. The number of nitrogens with one attached hydrogen (secondary N) is 1. The second-order valence-corrected chi connectivity index (χ2v) is 6.45. The number of carbonyl (C=O) groups is 1. The summed E-state index contributed by atoms with van der Waals surface area (Å²) in [6.45, 7) is 10.4. The Balaban J connectivity index is 4.30. The highest BCUT2D eigenvalue weighted by atomic mass is 79.9. The summed E-state index contributed by atoms with van der Waals surface area (Å²) >= 11 is 3.53. The maximum Gasteiger partial charge on any atom is 0.223 e. The molecule has 0 radical (unpaired) electrons. The highest BCUT2D eigenvalue weighted by Gasteiger charge is 2.28. The van der Waals surface area contributed by atoms with Gasteiger partial charge >= 0.3 is 0 Å². The second kappa shape index (κ2) is 7.31. The lowest BCUT2D eigenvalue weighted by molar-refractivity contribution is -0.126. The molecule has 0 saturated carbocycles. The van der Waals surface area contributed by atoms with Gasteiger partial charge in [0, 0.05) is 16.3 Å². The van der Waals surface area contributed by atoms with Gasteiger partial charge in [-0.05, 0) is 26.7 Å². The van der Waals surface area contributed by atoms with Crippen LogP contribution in [-0.4, -0.2) is 16.3 Å². The van der Waals surface area contributed by atoms with E-state index in [0.29, 0.717) is 0 Å². The predicted molar refractivity (Wildman–Crippen MR) is 73.9 cm³/mol. The average Bonchev–Trinajstić information content (AvgIpc) is 2.18. The molecule has 0 heterocycles. The fraction of sp³-hybridized carbons (Fsp3) is 0.923. The SMILES string of the molecule is CCCCC(CC)C(=O)NC(C)(C)C(C)Br. The number of alkyl halides is 1. The molecule has 0 bridgehead atoms. The fourth-order valence-corrected chi connectivity index (χ4v) is 1.60. The maximum atomic E-state index is 12.1. The van der Waals surface area contributed by atoms with Gasteiger partial charge in [0.2, 0.25) is 5.91 Å². The van der Waals surface area contributed by atoms with Crippen LogP contribution in [-0.2, 0) is 4.79 Å². The molecule has 2 unspecified atom stereocenters. The van der Waals surface area contributed by atoms with Gasteiger partial charge in [0.1, 0.15) is 0 Å². The third-order valence-electron chi connectivity index (χ3n) is 3.21. The third-order valence-corrected chi connectivity index (χ3v) is 4.35. The summed E-state index contributed by atoms with van der Waals surface area (Å²) in [6, 6.07) is 0. The molecule has 1 amide bonds. The van der Waals surface area contributed by atoms with Gasteiger partial charge in [0.25, 0.3) is 0 Å². The zero-order valence-corrected chi connectivity index (χ0v) is 12.9. The lowest BCUT2D eigenvalue weighted by Gasteiger charge is -2.31. The molecule has 1 N–H and O–H groups in total. The van der Waals surface area contributed by atoms with Crippen molar-refractivity contribution >= 4 is 21.8 Å². The van der Waals surface area contributed by atoms with E-state index < -0.39 is 0 Å². The summed E-state index contributed by atoms with van der Waals surface area (Å²) in [6.07, 6.45) is 4.22. The first-order valence-electron chi connectivity index (χ1n) is 6.31. The number of amides is 1. The molecule has 2 nitrogen and oxygen atoms in total. The van der Waals surface area contributed by atoms with Gasteiger partial charge in [-0.2, -0.15) is 0 Å². The van der Waals surface area contributed by atoms with E-state index in [4.69, 9.17) is 0 Å². The second-order valence-electron chi connectivity index (χ2n) is 5.07. The molecule has 0 aromatic heterocycles. The van der Waals surface area contributed by atoms with Crippen LogP contribution in [0.1, 0.15) is 60.3 Å². The molecule has 0 aromatic carbocycles. The van der Waals surface area contributed by atoms with Crippen LogP contribution in [0, 0.1) is 5.92 Å². The topological polar surface area (TPSA) is 29.1 Å². The number of hydrogen-bond donors (Lipinski definition) is 1. The number of rotatable bonds is 7. The van der Waals surface area contributed by atoms with E-state index in [9.17, 15) is 4.79 Å². The van der Waals surface area contributed by atoms with Crippen LogP contribution in [0.25, 0.3) is 0 Å². The van der Waals surface area contributed by atoms with Crippen molar-refractivity contribution in [3.8, 4) is 0 Å². The number of halogens is 1. The smallest absolute Gasteiger partial charge is 0.223 e. The van der Waals surface area contributed by atoms with Crippen LogP contribution in [0.2, 0.25) is 0 Å². The first-order valence-corrected chi connectivity index (χ1v) is 7.22. The van der Waals surface area contributed by atoms with Gasteiger partial charge in [-0.15, -0.1) is 0 Å². The summed E-state index contributed by atoms with van der Waals surface area (Å²) in [4.78, 5) is 12.3. The van der Waals surface area contributed by atoms with Crippen molar-refractivity contribution < 1.29 is 4.79 Å². The van der Waals surface area contributed by atoms with E-state index in [1.165, 1.54) is 0 Å². The van der Waals surface area contributed by atoms with E-state index in [-0.39, 0.29) is 22.2 Å². The molecule has 0 aliphatic rings. The van der Waals surface area contributed by atoms with E-state index >= 15 is 0 Å². The van der Waals surface area contributed by atoms with E-state index in [1.54, 1.807) is 0 Å². The van der Waals surface area contributed by atoms with Crippen molar-refractivity contribution in [1.29, 1.82) is 0 Å². The number of unbranched alkanes of at least 4 members (excludes halogenated alkanes) is 1. The molecule has 0 aliphatic heterocycles. The minimum Gasteiger partial charge on any atom is -0.350 e. The van der Waals surface area contributed by atoms with Crippen LogP contribution >= 0.6 is 15.9 Å². The quantitative estimate of drug-likeness (QED) is 0.709. The molecular weight excluding hydrogens is 266 g/mol. The highest BCUT2D eigenvalue weighted by Crippen LogP contribution is 2.19. The van der Waals surface area contributed by atoms with Crippen molar-refractivity contribution in [3.63, 3.8) is 0 Å². The number of carbonyl (C=O) groups excluding carboxylic acids is 1. The fourth-order valence-electron chi connectivity index (χ4n) is 1.49. The van der Waals surface area contributed by atoms with Gasteiger partial charge in [-0.3, -0.25) is 4.79 Å². The summed E-state index contributed by atoms with van der Waals surface area (Å²) in [5.41, 5.74) is -0.184. The van der Waals surface area contributed by atoms with Gasteiger partial charge in [-0.25, -0.2) is 0 Å². The molecule has 0 fully saturated rings. The molecule has 0 saturated heterocycles. The molecule has 0 spiro atoms. The number of hydrogen-bond acceptors (Lipinski definition) is 1. The molecule has 96 valence electrons. The van der Waals surface area contributed by atoms with Gasteiger partial charge < -0.3 is 5.32 Å². The first-order chi connectivity index (χ1) is 7.35. The average molecular weight is 292 g/mol. The van der Waals surface area contributed by atoms with Crippen LogP contribution in [0.5, 0.6) is 0 Å². The Morgan fingerprint density at radius 3 is 2.31 bits per heavy atom. The van der Waals surface area contributed by atoms with Crippen LogP contribution in [0.15, 0.2) is 0 Å². The maximum absolute atomic E-state index is 12.1. The van der Waals surface area contributed by atoms with Crippen molar-refractivity contribution in [2.24, 2.45) is 5.92 Å². The summed E-state index contributed by atoms with van der Waals surface area (Å²) in [7, 11) is 0. The van der Waals surface area contributed by atoms with Crippen molar-refractivity contribution in [2.45, 2.75) is 70.7 Å². The van der Waals surface area contributed by atoms with E-state index in [1.807, 2.05) is 0 Å². The van der Waals surface area contributed by atoms with Gasteiger partial charge in [0.15, 0.2) is 0 Å². The Bertz CT molecular complexity index is 214. The monoisotopic (exact) mass is 291 g/mol. The van der Waals surface area contributed by atoms with E-state index in [0.717, 1.165) is 25.7 Å². The van der Waals surface area contributed by atoms with Crippen molar-refractivity contribution in [3.05, 3.63) is 0 Å². The van der Waals surface area contributed by atoms with Crippen molar-refractivity contribution in [2.75, 3.05) is 0 Å². The third kappa shape index (κ3) is 5.33. The molecule has 0 rings (SSSR count).